The molecule has 42 heavy (non-hydrogen) atoms. The Kier molecular flexibility index (Phi) is 8.01. The average Bonchev–Trinajstić information content (AvgIpc) is 3.39. The number of ether oxygens (including phenoxy) is 2. The van der Waals surface area contributed by atoms with E-state index < -0.39 is 6.29 Å². The first-order valence-corrected chi connectivity index (χ1v) is 16.0. The van der Waals surface area contributed by atoms with Gasteiger partial charge in [0, 0.05) is 43.7 Å². The number of β-amino-alcohol motifs (C(OH)–C–C–N with tert-alkyl or cyclic N) is 1. The van der Waals surface area contributed by atoms with Crippen molar-refractivity contribution >= 4 is 6.03 Å². The van der Waals surface area contributed by atoms with Crippen LogP contribution in [0.1, 0.15) is 86.0 Å². The van der Waals surface area contributed by atoms with Crippen LogP contribution in [0.3, 0.4) is 0 Å². The molecule has 2 aromatic rings. The van der Waals surface area contributed by atoms with Gasteiger partial charge in [0.05, 0.1) is 24.9 Å². The minimum atomic E-state index is -0.514. The zero-order valence-electron chi connectivity index (χ0n) is 24.4. The molecule has 226 valence electrons. The molecule has 8 heteroatoms. The van der Waals surface area contributed by atoms with Crippen LogP contribution in [0.25, 0.3) is 0 Å². The fourth-order valence-corrected chi connectivity index (χ4v) is 8.82. The minimum Gasteiger partial charge on any atom is -0.392 e. The molecule has 4 atom stereocenters. The molecule has 8 nitrogen and oxygen atoms in total. The summed E-state index contributed by atoms with van der Waals surface area (Å²) in [5.74, 6) is 2.40. The van der Waals surface area contributed by atoms with Crippen molar-refractivity contribution in [3.05, 3.63) is 70.8 Å². The molecule has 6 aliphatic rings. The number of carbonyl (C=O) groups is 1. The molecule has 4 saturated carbocycles. The number of urea groups is 1. The number of hydrogen-bond acceptors (Lipinski definition) is 6. The molecule has 6 fully saturated rings. The smallest absolute Gasteiger partial charge is 0.315 e. The largest absolute Gasteiger partial charge is 0.392 e. The van der Waals surface area contributed by atoms with E-state index in [1.54, 1.807) is 0 Å². The van der Waals surface area contributed by atoms with E-state index >= 15 is 0 Å². The number of carbonyl (C=O) groups excluding carboxylic acids is 1. The number of rotatable bonds is 8. The van der Waals surface area contributed by atoms with Crippen LogP contribution in [0.2, 0.25) is 0 Å². The minimum absolute atomic E-state index is 0.0109. The third-order valence-electron chi connectivity index (χ3n) is 10.4. The molecule has 0 unspecified atom stereocenters. The lowest BCUT2D eigenvalue weighted by Crippen LogP contribution is -2.61. The van der Waals surface area contributed by atoms with E-state index in [0.29, 0.717) is 13.1 Å². The number of aliphatic hydroxyl groups excluding tert-OH is 2. The number of aliphatic hydroxyl groups is 2. The normalized spacial score (nSPS) is 35.8. The molecular formula is C34H45N3O5. The van der Waals surface area contributed by atoms with Crippen molar-refractivity contribution in [2.24, 2.45) is 17.8 Å². The van der Waals surface area contributed by atoms with E-state index in [1.807, 2.05) is 48.5 Å². The fourth-order valence-electron chi connectivity index (χ4n) is 8.82. The van der Waals surface area contributed by atoms with Gasteiger partial charge in [-0.25, -0.2) is 4.79 Å². The second kappa shape index (κ2) is 11.9. The van der Waals surface area contributed by atoms with Gasteiger partial charge in [-0.05, 0) is 79.4 Å². The highest BCUT2D eigenvalue weighted by Gasteiger charge is 2.51. The van der Waals surface area contributed by atoms with Gasteiger partial charge in [0.25, 0.3) is 0 Å². The van der Waals surface area contributed by atoms with Crippen molar-refractivity contribution in [2.45, 2.75) is 94.7 Å². The fraction of sp³-hybridized carbons (Fsp3) is 0.618. The topological polar surface area (TPSA) is 103 Å². The first kappa shape index (κ1) is 28.3. The quantitative estimate of drug-likeness (QED) is 0.368. The maximum Gasteiger partial charge on any atom is 0.315 e. The SMILES string of the molecule is O=C(NCc1ccc([C@H]2O[C@@H](CN3CC[C@H](O)C3)C[C@@H](c3ccc(CO)cc3)O2)cc1)NC12CC3CC(CC(C3)C1)C2. The van der Waals surface area contributed by atoms with Gasteiger partial charge in [-0.1, -0.05) is 48.5 Å². The molecule has 4 bridgehead atoms. The zero-order valence-corrected chi connectivity index (χ0v) is 24.4. The van der Waals surface area contributed by atoms with E-state index in [4.69, 9.17) is 9.47 Å². The van der Waals surface area contributed by atoms with Crippen molar-refractivity contribution in [3.63, 3.8) is 0 Å². The lowest BCUT2D eigenvalue weighted by molar-refractivity contribution is -0.252. The van der Waals surface area contributed by atoms with E-state index in [0.717, 1.165) is 85.2 Å². The average molecular weight is 576 g/mol. The summed E-state index contributed by atoms with van der Waals surface area (Å²) in [6.07, 6.45) is 8.11. The van der Waals surface area contributed by atoms with Crippen LogP contribution in [0.4, 0.5) is 4.79 Å². The van der Waals surface area contributed by atoms with Crippen LogP contribution in [-0.4, -0.2) is 58.5 Å². The Labute approximate surface area is 248 Å². The standard InChI is InChI=1S/C34H45N3O5/c38-21-23-3-5-27(6-4-23)31-14-30(20-37-10-9-29(39)19-37)41-32(42-31)28-7-1-22(2-8-28)18-35-33(40)36-34-15-24-11-25(16-34)13-26(12-24)17-34/h1-8,24-26,29-32,38-39H,9-21H2,(H2,35,36,40)/t24?,25?,26?,29-,30+,31-,32-,34?/m0/s1. The number of likely N-dealkylation sites (tertiary alicyclic amines) is 1. The molecule has 2 saturated heterocycles. The first-order chi connectivity index (χ1) is 20.4. The number of amides is 2. The van der Waals surface area contributed by atoms with E-state index in [-0.39, 0.29) is 36.5 Å². The maximum absolute atomic E-state index is 12.9. The van der Waals surface area contributed by atoms with Crippen LogP contribution >= 0.6 is 0 Å². The number of nitrogens with zero attached hydrogens (tertiary/aromatic N) is 1. The van der Waals surface area contributed by atoms with Gasteiger partial charge >= 0.3 is 6.03 Å². The Morgan fingerprint density at radius 3 is 2.14 bits per heavy atom. The molecule has 0 spiro atoms. The third-order valence-corrected chi connectivity index (χ3v) is 10.4. The molecule has 0 aromatic heterocycles. The predicted octanol–water partition coefficient (Wildman–Crippen LogP) is 4.56. The van der Waals surface area contributed by atoms with Gasteiger partial charge in [0.2, 0.25) is 0 Å². The van der Waals surface area contributed by atoms with Gasteiger partial charge in [0.15, 0.2) is 6.29 Å². The van der Waals surface area contributed by atoms with Gasteiger partial charge in [-0.15, -0.1) is 0 Å². The zero-order chi connectivity index (χ0) is 28.7. The Balaban J connectivity index is 0.980. The Hall–Kier alpha value is -2.49. The van der Waals surface area contributed by atoms with E-state index in [2.05, 4.69) is 15.5 Å². The van der Waals surface area contributed by atoms with Crippen molar-refractivity contribution in [1.29, 1.82) is 0 Å². The number of nitrogens with one attached hydrogen (secondary N) is 2. The van der Waals surface area contributed by atoms with E-state index in [9.17, 15) is 15.0 Å². The Morgan fingerprint density at radius 2 is 1.52 bits per heavy atom. The summed E-state index contributed by atoms with van der Waals surface area (Å²) >= 11 is 0. The van der Waals surface area contributed by atoms with Crippen molar-refractivity contribution in [3.8, 4) is 0 Å². The molecule has 2 aliphatic heterocycles. The highest BCUT2D eigenvalue weighted by Crippen LogP contribution is 2.55. The first-order valence-electron chi connectivity index (χ1n) is 16.0. The highest BCUT2D eigenvalue weighted by atomic mass is 16.7. The van der Waals surface area contributed by atoms with Crippen LogP contribution in [0.15, 0.2) is 48.5 Å². The molecule has 8 rings (SSSR count). The molecule has 4 aliphatic carbocycles. The maximum atomic E-state index is 12.9. The van der Waals surface area contributed by atoms with Crippen molar-refractivity contribution in [1.82, 2.24) is 15.5 Å². The highest BCUT2D eigenvalue weighted by molar-refractivity contribution is 5.75. The molecule has 4 N–H and O–H groups in total. The number of hydrogen-bond donors (Lipinski definition) is 4. The summed E-state index contributed by atoms with van der Waals surface area (Å²) in [5, 5.41) is 26.0. The molecular weight excluding hydrogens is 530 g/mol. The summed E-state index contributed by atoms with van der Waals surface area (Å²) in [4.78, 5) is 15.2. The van der Waals surface area contributed by atoms with Crippen LogP contribution < -0.4 is 10.6 Å². The number of benzene rings is 2. The second-order valence-corrected chi connectivity index (χ2v) is 13.8. The lowest BCUT2D eigenvalue weighted by atomic mass is 9.53. The summed E-state index contributed by atoms with van der Waals surface area (Å²) < 4.78 is 13.0. The monoisotopic (exact) mass is 575 g/mol. The molecule has 0 radical (unpaired) electrons. The van der Waals surface area contributed by atoms with Crippen LogP contribution in [-0.2, 0) is 22.6 Å². The second-order valence-electron chi connectivity index (χ2n) is 13.8. The van der Waals surface area contributed by atoms with Gasteiger partial charge in [-0.2, -0.15) is 0 Å². The molecule has 2 heterocycles. The van der Waals surface area contributed by atoms with Gasteiger partial charge in [0.1, 0.15) is 0 Å². The molecule has 2 amide bonds. The summed E-state index contributed by atoms with van der Waals surface area (Å²) in [6.45, 7) is 2.80. The summed E-state index contributed by atoms with van der Waals surface area (Å²) in [5.41, 5.74) is 3.93. The lowest BCUT2D eigenvalue weighted by Gasteiger charge is -2.56. The Morgan fingerprint density at radius 1 is 0.881 bits per heavy atom. The Bertz CT molecular complexity index is 1200. The van der Waals surface area contributed by atoms with Gasteiger partial charge in [-0.3, -0.25) is 4.90 Å². The van der Waals surface area contributed by atoms with Crippen molar-refractivity contribution < 1.29 is 24.5 Å². The predicted molar refractivity (Wildman–Crippen MR) is 158 cm³/mol. The summed E-state index contributed by atoms with van der Waals surface area (Å²) in [7, 11) is 0. The molecule has 2 aromatic carbocycles. The summed E-state index contributed by atoms with van der Waals surface area (Å²) in [6, 6.07) is 16.0. The van der Waals surface area contributed by atoms with Gasteiger partial charge < -0.3 is 30.3 Å². The van der Waals surface area contributed by atoms with E-state index in [1.165, 1.54) is 19.3 Å². The third kappa shape index (κ3) is 6.24. The van der Waals surface area contributed by atoms with Crippen LogP contribution in [0, 0.1) is 17.8 Å². The van der Waals surface area contributed by atoms with Crippen LogP contribution in [0.5, 0.6) is 0 Å². The van der Waals surface area contributed by atoms with Crippen molar-refractivity contribution in [2.75, 3.05) is 19.6 Å².